The smallest absolute Gasteiger partial charge is 0.258 e. The molecule has 1 unspecified atom stereocenters. The van der Waals surface area contributed by atoms with Gasteiger partial charge in [0.1, 0.15) is 18.2 Å². The first kappa shape index (κ1) is 23.0. The maximum atomic E-state index is 15.7. The molecule has 182 valence electrons. The minimum absolute atomic E-state index is 0.100. The summed E-state index contributed by atoms with van der Waals surface area (Å²) in [5.74, 6) is 0.651. The van der Waals surface area contributed by atoms with E-state index in [1.54, 1.807) is 24.4 Å². The van der Waals surface area contributed by atoms with E-state index in [0.29, 0.717) is 36.4 Å². The number of fused-ring (bicyclic) bond motifs is 3. The fraction of sp³-hybridized carbons (Fsp3) is 0.560. The second-order valence-corrected chi connectivity index (χ2v) is 9.96. The Labute approximate surface area is 198 Å². The third-order valence-electron chi connectivity index (χ3n) is 7.59. The summed E-state index contributed by atoms with van der Waals surface area (Å²) in [7, 11) is 0. The van der Waals surface area contributed by atoms with Crippen LogP contribution in [0.25, 0.3) is 0 Å². The number of aromatic nitrogens is 2. The molecule has 4 aliphatic rings. The van der Waals surface area contributed by atoms with Crippen LogP contribution in [0.3, 0.4) is 0 Å². The van der Waals surface area contributed by atoms with E-state index in [1.807, 2.05) is 4.90 Å². The van der Waals surface area contributed by atoms with Crippen molar-refractivity contribution in [3.63, 3.8) is 0 Å². The number of amides is 1. The van der Waals surface area contributed by atoms with Crippen LogP contribution in [0.15, 0.2) is 36.5 Å². The molecule has 5 heterocycles. The Balaban J connectivity index is 1.17. The average Bonchev–Trinajstić information content (AvgIpc) is 2.85. The van der Waals surface area contributed by atoms with Gasteiger partial charge in [0.25, 0.3) is 5.91 Å². The fourth-order valence-corrected chi connectivity index (χ4v) is 5.43. The molecule has 1 N–H and O–H groups in total. The zero-order valence-corrected chi connectivity index (χ0v) is 19.5. The number of hydrogen-bond donors (Lipinski definition) is 1. The highest BCUT2D eigenvalue weighted by Crippen LogP contribution is 2.37. The second kappa shape index (κ2) is 9.09. The van der Waals surface area contributed by atoms with Gasteiger partial charge in [-0.15, -0.1) is 0 Å². The highest BCUT2D eigenvalue weighted by molar-refractivity contribution is 5.86. The summed E-state index contributed by atoms with van der Waals surface area (Å²) in [6, 6.07) is 7.54. The standard InChI is InChI=1S/C25H31F2N5O2/c1-24(17-31-12-7-18(24)8-13-31)30-22(33)25(27)9-14-32(15-10-25)23-28-11-6-20(29-23)16-34-21-4-2-19(26)3-5-21/h2-6,11,18H,7-10,12-17H2,1H3,(H,30,33). The molecule has 1 aromatic heterocycles. The highest BCUT2D eigenvalue weighted by atomic mass is 19.1. The van der Waals surface area contributed by atoms with Gasteiger partial charge in [0.15, 0.2) is 5.67 Å². The van der Waals surface area contributed by atoms with E-state index in [1.165, 1.54) is 12.1 Å². The largest absolute Gasteiger partial charge is 0.487 e. The molecule has 6 rings (SSSR count). The van der Waals surface area contributed by atoms with Crippen LogP contribution in [0.4, 0.5) is 14.7 Å². The van der Waals surface area contributed by atoms with Gasteiger partial charge in [0, 0.05) is 38.7 Å². The van der Waals surface area contributed by atoms with Crippen LogP contribution in [-0.2, 0) is 11.4 Å². The first-order chi connectivity index (χ1) is 16.3. The number of carbonyl (C=O) groups excluding carboxylic acids is 1. The number of benzene rings is 1. The summed E-state index contributed by atoms with van der Waals surface area (Å²) in [5.41, 5.74) is -1.57. The lowest BCUT2D eigenvalue weighted by molar-refractivity contribution is -0.139. The van der Waals surface area contributed by atoms with Crippen molar-refractivity contribution in [1.29, 1.82) is 0 Å². The summed E-state index contributed by atoms with van der Waals surface area (Å²) < 4.78 is 34.4. The molecule has 9 heteroatoms. The number of anilines is 1. The third kappa shape index (κ3) is 4.71. The monoisotopic (exact) mass is 471 g/mol. The minimum atomic E-state index is -1.88. The van der Waals surface area contributed by atoms with Crippen LogP contribution in [-0.4, -0.2) is 64.7 Å². The van der Waals surface area contributed by atoms with Crippen LogP contribution < -0.4 is 15.0 Å². The molecular weight excluding hydrogens is 440 g/mol. The van der Waals surface area contributed by atoms with Gasteiger partial charge in [-0.05, 0) is 69.1 Å². The average molecular weight is 472 g/mol. The molecule has 34 heavy (non-hydrogen) atoms. The second-order valence-electron chi connectivity index (χ2n) is 9.96. The molecule has 4 aliphatic heterocycles. The van der Waals surface area contributed by atoms with Crippen molar-refractivity contribution in [2.75, 3.05) is 37.6 Å². The Hall–Kier alpha value is -2.81. The van der Waals surface area contributed by atoms with E-state index < -0.39 is 11.6 Å². The maximum Gasteiger partial charge on any atom is 0.258 e. The number of hydrogen-bond acceptors (Lipinski definition) is 6. The summed E-state index contributed by atoms with van der Waals surface area (Å²) >= 11 is 0. The first-order valence-corrected chi connectivity index (χ1v) is 12.0. The van der Waals surface area contributed by atoms with Crippen molar-refractivity contribution in [1.82, 2.24) is 20.2 Å². The lowest BCUT2D eigenvalue weighted by Crippen LogP contribution is -2.68. The minimum Gasteiger partial charge on any atom is -0.487 e. The first-order valence-electron chi connectivity index (χ1n) is 12.0. The molecule has 1 aromatic carbocycles. The predicted octanol–water partition coefficient (Wildman–Crippen LogP) is 3.10. The van der Waals surface area contributed by atoms with Crippen LogP contribution in [0, 0.1) is 11.7 Å². The number of nitrogens with zero attached hydrogens (tertiary/aromatic N) is 4. The normalized spacial score (nSPS) is 27.9. The molecular formula is C25H31F2N5O2. The van der Waals surface area contributed by atoms with Crippen molar-refractivity contribution >= 4 is 11.9 Å². The van der Waals surface area contributed by atoms with E-state index in [0.717, 1.165) is 32.5 Å². The van der Waals surface area contributed by atoms with E-state index in [4.69, 9.17) is 4.74 Å². The van der Waals surface area contributed by atoms with Crippen molar-refractivity contribution in [2.45, 2.75) is 50.4 Å². The number of nitrogens with one attached hydrogen (secondary N) is 1. The molecule has 2 aromatic rings. The van der Waals surface area contributed by atoms with Crippen molar-refractivity contribution in [3.8, 4) is 5.75 Å². The zero-order valence-electron chi connectivity index (χ0n) is 19.5. The summed E-state index contributed by atoms with van der Waals surface area (Å²) in [5, 5.41) is 3.09. The fourth-order valence-electron chi connectivity index (χ4n) is 5.43. The zero-order chi connectivity index (χ0) is 23.8. The number of alkyl halides is 1. The van der Waals surface area contributed by atoms with Crippen LogP contribution in [0.5, 0.6) is 5.75 Å². The van der Waals surface area contributed by atoms with Crippen molar-refractivity contribution in [3.05, 3.63) is 48.0 Å². The molecule has 1 atom stereocenters. The Kier molecular flexibility index (Phi) is 6.14. The molecule has 0 aliphatic carbocycles. The van der Waals surface area contributed by atoms with Crippen LogP contribution in [0.1, 0.15) is 38.3 Å². The van der Waals surface area contributed by atoms with Gasteiger partial charge in [-0.25, -0.2) is 18.7 Å². The quantitative estimate of drug-likeness (QED) is 0.698. The van der Waals surface area contributed by atoms with E-state index in [9.17, 15) is 9.18 Å². The van der Waals surface area contributed by atoms with Gasteiger partial charge in [-0.3, -0.25) is 4.79 Å². The molecule has 0 saturated carbocycles. The number of ether oxygens (including phenoxy) is 1. The van der Waals surface area contributed by atoms with E-state index >= 15 is 4.39 Å². The summed E-state index contributed by atoms with van der Waals surface area (Å²) in [4.78, 5) is 26.2. The molecule has 1 amide bonds. The third-order valence-corrected chi connectivity index (χ3v) is 7.59. The van der Waals surface area contributed by atoms with Gasteiger partial charge in [-0.1, -0.05) is 0 Å². The molecule has 7 nitrogen and oxygen atoms in total. The van der Waals surface area contributed by atoms with Gasteiger partial charge < -0.3 is 19.9 Å². The van der Waals surface area contributed by atoms with Crippen molar-refractivity contribution in [2.24, 2.45) is 5.92 Å². The van der Waals surface area contributed by atoms with Crippen LogP contribution >= 0.6 is 0 Å². The number of halogens is 2. The Morgan fingerprint density at radius 3 is 2.50 bits per heavy atom. The van der Waals surface area contributed by atoms with Gasteiger partial charge in [0.05, 0.1) is 11.2 Å². The van der Waals surface area contributed by atoms with Crippen molar-refractivity contribution < 1.29 is 18.3 Å². The molecule has 2 bridgehead atoms. The lowest BCUT2D eigenvalue weighted by atomic mass is 9.73. The Morgan fingerprint density at radius 2 is 1.85 bits per heavy atom. The van der Waals surface area contributed by atoms with Gasteiger partial charge >= 0.3 is 0 Å². The topological polar surface area (TPSA) is 70.6 Å². The number of piperidine rings is 4. The SMILES string of the molecule is CC1(NC(=O)C2(F)CCN(c3nccc(COc4ccc(F)cc4)n3)CC2)CN2CCC1CC2. The number of rotatable bonds is 6. The van der Waals surface area contributed by atoms with E-state index in [-0.39, 0.29) is 30.8 Å². The van der Waals surface area contributed by atoms with Gasteiger partial charge in [-0.2, -0.15) is 0 Å². The number of carbonyl (C=O) groups is 1. The van der Waals surface area contributed by atoms with Crippen LogP contribution in [0.2, 0.25) is 0 Å². The molecule has 0 radical (unpaired) electrons. The highest BCUT2D eigenvalue weighted by Gasteiger charge is 2.49. The Bertz CT molecular complexity index is 1020. The molecule has 4 saturated heterocycles. The lowest BCUT2D eigenvalue weighted by Gasteiger charge is -2.52. The van der Waals surface area contributed by atoms with Gasteiger partial charge in [0.2, 0.25) is 5.95 Å². The van der Waals surface area contributed by atoms with E-state index in [2.05, 4.69) is 27.1 Å². The molecule has 4 fully saturated rings. The molecule has 0 spiro atoms. The Morgan fingerprint density at radius 1 is 1.15 bits per heavy atom. The summed E-state index contributed by atoms with van der Waals surface area (Å²) in [6.07, 6.45) is 3.96. The maximum absolute atomic E-state index is 15.7. The predicted molar refractivity (Wildman–Crippen MR) is 124 cm³/mol. The summed E-state index contributed by atoms with van der Waals surface area (Å²) in [6.45, 7) is 5.93.